The minimum absolute atomic E-state index is 0.230. The molecule has 0 radical (unpaired) electrons. The third kappa shape index (κ3) is 6.11. The molecule has 152 valence electrons. The molecule has 0 N–H and O–H groups in total. The lowest BCUT2D eigenvalue weighted by Gasteiger charge is -2.14. The number of benzene rings is 2. The Morgan fingerprint density at radius 2 is 1.66 bits per heavy atom. The molecular formula is C22H25N3O2S2. The van der Waals surface area contributed by atoms with E-state index >= 15 is 0 Å². The number of nitrogens with zero attached hydrogens (tertiary/aromatic N) is 3. The van der Waals surface area contributed by atoms with E-state index in [4.69, 9.17) is 4.74 Å². The summed E-state index contributed by atoms with van der Waals surface area (Å²) in [5.41, 5.74) is 0.978. The van der Waals surface area contributed by atoms with Gasteiger partial charge in [0.1, 0.15) is 11.1 Å². The lowest BCUT2D eigenvalue weighted by Crippen LogP contribution is -2.20. The van der Waals surface area contributed by atoms with E-state index in [0.29, 0.717) is 23.4 Å². The Labute approximate surface area is 180 Å². The van der Waals surface area contributed by atoms with Crippen LogP contribution in [0.1, 0.15) is 26.6 Å². The minimum Gasteiger partial charge on any atom is -0.465 e. The summed E-state index contributed by atoms with van der Waals surface area (Å²) in [6.07, 6.45) is 0. The predicted octanol–water partition coefficient (Wildman–Crippen LogP) is 5.24. The number of thioether (sulfide) groups is 2. The molecular weight excluding hydrogens is 402 g/mol. The highest BCUT2D eigenvalue weighted by atomic mass is 32.2. The highest BCUT2D eigenvalue weighted by Gasteiger charge is 2.22. The van der Waals surface area contributed by atoms with Crippen LogP contribution < -0.4 is 0 Å². The molecule has 1 aromatic heterocycles. The number of carbonyl (C=O) groups is 1. The third-order valence-electron chi connectivity index (χ3n) is 4.00. The average Bonchev–Trinajstić information content (AvgIpc) is 3.14. The Kier molecular flexibility index (Phi) is 7.77. The Bertz CT molecular complexity index is 914. The van der Waals surface area contributed by atoms with Crippen molar-refractivity contribution in [2.24, 2.45) is 5.92 Å². The Balaban J connectivity index is 1.79. The zero-order valence-electron chi connectivity index (χ0n) is 16.8. The van der Waals surface area contributed by atoms with Gasteiger partial charge in [-0.05, 0) is 37.1 Å². The maximum Gasteiger partial charge on any atom is 0.319 e. The molecule has 1 atom stereocenters. The summed E-state index contributed by atoms with van der Waals surface area (Å²) >= 11 is 3.08. The minimum atomic E-state index is -0.366. The molecule has 3 rings (SSSR count). The maximum absolute atomic E-state index is 12.3. The molecule has 0 spiro atoms. The molecule has 0 saturated heterocycles. The van der Waals surface area contributed by atoms with Crippen LogP contribution in [-0.2, 0) is 15.3 Å². The van der Waals surface area contributed by atoms with Gasteiger partial charge in [-0.2, -0.15) is 0 Å². The van der Waals surface area contributed by atoms with E-state index in [1.165, 1.54) is 16.7 Å². The summed E-state index contributed by atoms with van der Waals surface area (Å²) in [6.45, 7) is 6.31. The topological polar surface area (TPSA) is 57.0 Å². The maximum atomic E-state index is 12.3. The molecule has 0 amide bonds. The van der Waals surface area contributed by atoms with Gasteiger partial charge in [0.2, 0.25) is 0 Å². The second kappa shape index (κ2) is 10.5. The molecule has 0 aliphatic rings. The molecule has 5 nitrogen and oxygen atoms in total. The summed E-state index contributed by atoms with van der Waals surface area (Å²) in [4.78, 5) is 13.5. The van der Waals surface area contributed by atoms with Gasteiger partial charge in [0.25, 0.3) is 0 Å². The van der Waals surface area contributed by atoms with Crippen molar-refractivity contribution in [2.75, 3.05) is 6.61 Å². The molecule has 1 unspecified atom stereocenters. The van der Waals surface area contributed by atoms with Crippen LogP contribution in [0, 0.1) is 5.92 Å². The molecule has 7 heteroatoms. The lowest BCUT2D eigenvalue weighted by molar-refractivity contribution is -0.143. The zero-order chi connectivity index (χ0) is 20.6. The van der Waals surface area contributed by atoms with Gasteiger partial charge in [0, 0.05) is 10.6 Å². The van der Waals surface area contributed by atoms with Crippen molar-refractivity contribution < 1.29 is 9.53 Å². The number of carbonyl (C=O) groups excluding carboxylic acids is 1. The second-order valence-corrected chi connectivity index (χ2v) is 9.31. The van der Waals surface area contributed by atoms with E-state index in [-0.39, 0.29) is 11.2 Å². The Morgan fingerprint density at radius 1 is 1.00 bits per heavy atom. The van der Waals surface area contributed by atoms with Crippen molar-refractivity contribution >= 4 is 29.5 Å². The van der Waals surface area contributed by atoms with Crippen LogP contribution in [-0.4, -0.2) is 32.6 Å². The van der Waals surface area contributed by atoms with Gasteiger partial charge >= 0.3 is 5.97 Å². The van der Waals surface area contributed by atoms with Gasteiger partial charge in [0.15, 0.2) is 5.16 Å². The molecule has 3 aromatic rings. The molecule has 1 heterocycles. The van der Waals surface area contributed by atoms with Crippen LogP contribution in [0.4, 0.5) is 0 Å². The van der Waals surface area contributed by atoms with Crippen LogP contribution in [0.2, 0.25) is 0 Å². The van der Waals surface area contributed by atoms with Crippen molar-refractivity contribution in [3.63, 3.8) is 0 Å². The zero-order valence-corrected chi connectivity index (χ0v) is 18.5. The van der Waals surface area contributed by atoms with Crippen molar-refractivity contribution in [2.45, 2.75) is 41.8 Å². The fourth-order valence-corrected chi connectivity index (χ4v) is 4.26. The summed E-state index contributed by atoms with van der Waals surface area (Å²) in [5, 5.41) is 9.11. The van der Waals surface area contributed by atoms with E-state index in [9.17, 15) is 4.79 Å². The third-order valence-corrected chi connectivity index (χ3v) is 6.03. The van der Waals surface area contributed by atoms with Crippen molar-refractivity contribution in [1.82, 2.24) is 14.8 Å². The van der Waals surface area contributed by atoms with Gasteiger partial charge in [0.05, 0.1) is 12.4 Å². The number of hydrogen-bond acceptors (Lipinski definition) is 6. The van der Waals surface area contributed by atoms with Crippen LogP contribution in [0.3, 0.4) is 0 Å². The first-order valence-corrected chi connectivity index (χ1v) is 11.4. The molecule has 2 aromatic carbocycles. The van der Waals surface area contributed by atoms with Crippen LogP contribution >= 0.6 is 23.5 Å². The number of rotatable bonds is 9. The second-order valence-electron chi connectivity index (χ2n) is 6.96. The average molecular weight is 428 g/mol. The predicted molar refractivity (Wildman–Crippen MR) is 118 cm³/mol. The highest BCUT2D eigenvalue weighted by Crippen LogP contribution is 2.29. The van der Waals surface area contributed by atoms with E-state index in [0.717, 1.165) is 11.5 Å². The van der Waals surface area contributed by atoms with Gasteiger partial charge in [-0.25, -0.2) is 0 Å². The highest BCUT2D eigenvalue weighted by molar-refractivity contribution is 8.00. The van der Waals surface area contributed by atoms with Crippen LogP contribution in [0.15, 0.2) is 70.7 Å². The van der Waals surface area contributed by atoms with E-state index in [1.807, 2.05) is 73.9 Å². The largest absolute Gasteiger partial charge is 0.465 e. The van der Waals surface area contributed by atoms with Gasteiger partial charge in [-0.15, -0.1) is 22.0 Å². The SMILES string of the molecule is CC(C)COC(=O)C(C)Sc1nnc(CSc2ccccc2)n1-c1ccccc1. The molecule has 29 heavy (non-hydrogen) atoms. The Morgan fingerprint density at radius 3 is 2.31 bits per heavy atom. The molecule has 0 aliphatic carbocycles. The first-order valence-electron chi connectivity index (χ1n) is 9.55. The number of hydrogen-bond donors (Lipinski definition) is 0. The normalized spacial score (nSPS) is 12.1. The Hall–Kier alpha value is -2.25. The fraction of sp³-hybridized carbons (Fsp3) is 0.318. The fourth-order valence-electron chi connectivity index (χ4n) is 2.54. The van der Waals surface area contributed by atoms with Crippen molar-refractivity contribution in [1.29, 1.82) is 0 Å². The van der Waals surface area contributed by atoms with Crippen molar-refractivity contribution in [3.05, 3.63) is 66.5 Å². The van der Waals surface area contributed by atoms with E-state index < -0.39 is 0 Å². The lowest BCUT2D eigenvalue weighted by atomic mass is 10.2. The van der Waals surface area contributed by atoms with E-state index in [2.05, 4.69) is 22.3 Å². The van der Waals surface area contributed by atoms with Crippen LogP contribution in [0.25, 0.3) is 5.69 Å². The molecule has 0 fully saturated rings. The standard InChI is InChI=1S/C22H25N3O2S2/c1-16(2)14-27-21(26)17(3)29-22-24-23-20(15-28-19-12-8-5-9-13-19)25(22)18-10-6-4-7-11-18/h4-13,16-17H,14-15H2,1-3H3. The summed E-state index contributed by atoms with van der Waals surface area (Å²) in [6, 6.07) is 20.2. The monoisotopic (exact) mass is 427 g/mol. The van der Waals surface area contributed by atoms with Gasteiger partial charge in [-0.3, -0.25) is 9.36 Å². The quantitative estimate of drug-likeness (QED) is 0.344. The summed E-state index contributed by atoms with van der Waals surface area (Å²) < 4.78 is 7.39. The molecule has 0 aliphatic heterocycles. The first kappa shape index (κ1) is 21.5. The van der Waals surface area contributed by atoms with Gasteiger partial charge in [-0.1, -0.05) is 62.0 Å². The van der Waals surface area contributed by atoms with E-state index in [1.54, 1.807) is 11.8 Å². The number of para-hydroxylation sites is 1. The number of esters is 1. The van der Waals surface area contributed by atoms with Gasteiger partial charge < -0.3 is 4.74 Å². The summed E-state index contributed by atoms with van der Waals surface area (Å²) in [7, 11) is 0. The molecule has 0 saturated carbocycles. The molecule has 0 bridgehead atoms. The first-order chi connectivity index (χ1) is 14.0. The number of ether oxygens (including phenoxy) is 1. The van der Waals surface area contributed by atoms with Crippen molar-refractivity contribution in [3.8, 4) is 5.69 Å². The number of aromatic nitrogens is 3. The smallest absolute Gasteiger partial charge is 0.319 e. The summed E-state index contributed by atoms with van der Waals surface area (Å²) in [5.74, 6) is 1.60. The van der Waals surface area contributed by atoms with Crippen LogP contribution in [0.5, 0.6) is 0 Å².